The molecule has 0 saturated carbocycles. The molecule has 1 amide bonds. The lowest BCUT2D eigenvalue weighted by molar-refractivity contribution is 0.0770. The van der Waals surface area contributed by atoms with Crippen molar-refractivity contribution in [3.63, 3.8) is 0 Å². The normalized spacial score (nSPS) is 9.56. The maximum Gasteiger partial charge on any atom is 0.275 e. The molecule has 4 nitrogen and oxygen atoms in total. The van der Waals surface area contributed by atoms with Gasteiger partial charge in [0, 0.05) is 6.54 Å². The minimum atomic E-state index is -0.219. The van der Waals surface area contributed by atoms with E-state index in [1.54, 1.807) is 4.90 Å². The van der Waals surface area contributed by atoms with E-state index >= 15 is 0 Å². The van der Waals surface area contributed by atoms with E-state index in [1.165, 1.54) is 12.1 Å². The average molecular weight is 238 g/mol. The van der Waals surface area contributed by atoms with E-state index in [2.05, 4.69) is 16.1 Å². The van der Waals surface area contributed by atoms with Gasteiger partial charge in [-0.1, -0.05) is 24.4 Å². The Balaban J connectivity index is 2.82. The first-order valence-electron chi connectivity index (χ1n) is 4.91. The molecule has 0 radical (unpaired) electrons. The van der Waals surface area contributed by atoms with E-state index in [1.807, 2.05) is 6.92 Å². The lowest BCUT2D eigenvalue weighted by Crippen LogP contribution is -2.32. The second kappa shape index (κ2) is 6.09. The van der Waals surface area contributed by atoms with E-state index < -0.39 is 0 Å². The molecule has 0 spiro atoms. The van der Waals surface area contributed by atoms with Crippen molar-refractivity contribution in [2.24, 2.45) is 0 Å². The summed E-state index contributed by atoms with van der Waals surface area (Å²) in [7, 11) is 0. The predicted molar refractivity (Wildman–Crippen MR) is 62.1 cm³/mol. The highest BCUT2D eigenvalue weighted by atomic mass is 35.5. The van der Waals surface area contributed by atoms with Crippen molar-refractivity contribution in [1.29, 1.82) is 0 Å². The lowest BCUT2D eigenvalue weighted by Gasteiger charge is -2.18. The fraction of sp³-hybridized carbons (Fsp3) is 0.364. The summed E-state index contributed by atoms with van der Waals surface area (Å²) in [6, 6.07) is 3.07. The number of carbonyl (C=O) groups excluding carboxylic acids is 1. The molecule has 0 aliphatic rings. The summed E-state index contributed by atoms with van der Waals surface area (Å²) in [5, 5.41) is 7.60. The molecule has 0 N–H and O–H groups in total. The summed E-state index contributed by atoms with van der Waals surface area (Å²) in [5.41, 5.74) is 0.258. The van der Waals surface area contributed by atoms with Gasteiger partial charge in [0.15, 0.2) is 10.8 Å². The molecule has 1 heterocycles. The molecule has 16 heavy (non-hydrogen) atoms. The van der Waals surface area contributed by atoms with Crippen LogP contribution in [-0.4, -0.2) is 34.1 Å². The Hall–Kier alpha value is -1.60. The van der Waals surface area contributed by atoms with Gasteiger partial charge in [0.25, 0.3) is 5.91 Å². The van der Waals surface area contributed by atoms with Crippen molar-refractivity contribution in [2.45, 2.75) is 13.3 Å². The second-order valence-corrected chi connectivity index (χ2v) is 3.56. The third kappa shape index (κ3) is 3.21. The Morgan fingerprint density at radius 1 is 1.56 bits per heavy atom. The van der Waals surface area contributed by atoms with Gasteiger partial charge in [0.05, 0.1) is 6.54 Å². The minimum absolute atomic E-state index is 0.219. The largest absolute Gasteiger partial charge is 0.326 e. The summed E-state index contributed by atoms with van der Waals surface area (Å²) >= 11 is 5.59. The number of aromatic nitrogens is 2. The number of rotatable bonds is 4. The topological polar surface area (TPSA) is 46.1 Å². The van der Waals surface area contributed by atoms with Crippen LogP contribution in [0, 0.1) is 12.3 Å². The lowest BCUT2D eigenvalue weighted by atomic mass is 10.3. The Kier molecular flexibility index (Phi) is 4.74. The van der Waals surface area contributed by atoms with E-state index in [-0.39, 0.29) is 23.3 Å². The molecule has 0 unspecified atom stereocenters. The van der Waals surface area contributed by atoms with Crippen molar-refractivity contribution in [1.82, 2.24) is 15.1 Å². The van der Waals surface area contributed by atoms with Crippen LogP contribution in [0.2, 0.25) is 5.15 Å². The third-order valence-electron chi connectivity index (χ3n) is 1.91. The van der Waals surface area contributed by atoms with Crippen molar-refractivity contribution in [3.8, 4) is 12.3 Å². The Morgan fingerprint density at radius 2 is 2.31 bits per heavy atom. The molecular formula is C11H12ClN3O. The molecule has 0 fully saturated rings. The van der Waals surface area contributed by atoms with Crippen LogP contribution >= 0.6 is 11.6 Å². The molecule has 1 rings (SSSR count). The maximum atomic E-state index is 11.9. The standard InChI is InChI=1S/C11H12ClN3O/c1-3-7-15(8-4-2)11(16)9-5-6-10(12)14-13-9/h1,5-6H,4,7-8H2,2H3. The number of hydrogen-bond acceptors (Lipinski definition) is 3. The summed E-state index contributed by atoms with van der Waals surface area (Å²) in [5.74, 6) is 2.23. The Bertz CT molecular complexity index is 397. The zero-order chi connectivity index (χ0) is 12.0. The Labute approximate surface area is 99.6 Å². The van der Waals surface area contributed by atoms with Gasteiger partial charge in [-0.25, -0.2) is 0 Å². The highest BCUT2D eigenvalue weighted by Crippen LogP contribution is 2.05. The van der Waals surface area contributed by atoms with Gasteiger partial charge in [-0.05, 0) is 18.6 Å². The number of carbonyl (C=O) groups is 1. The van der Waals surface area contributed by atoms with Crippen LogP contribution in [-0.2, 0) is 0 Å². The summed E-state index contributed by atoms with van der Waals surface area (Å²) in [6.45, 7) is 2.86. The molecule has 0 aliphatic carbocycles. The van der Waals surface area contributed by atoms with Crippen LogP contribution in [0.1, 0.15) is 23.8 Å². The van der Waals surface area contributed by atoms with Crippen LogP contribution in [0.4, 0.5) is 0 Å². The van der Waals surface area contributed by atoms with Crippen molar-refractivity contribution >= 4 is 17.5 Å². The van der Waals surface area contributed by atoms with Crippen LogP contribution in [0.3, 0.4) is 0 Å². The molecule has 5 heteroatoms. The molecule has 1 aromatic rings. The van der Waals surface area contributed by atoms with E-state index in [9.17, 15) is 4.79 Å². The Morgan fingerprint density at radius 3 is 2.81 bits per heavy atom. The van der Waals surface area contributed by atoms with Gasteiger partial charge in [-0.2, -0.15) is 0 Å². The number of nitrogens with zero attached hydrogens (tertiary/aromatic N) is 3. The van der Waals surface area contributed by atoms with Crippen LogP contribution in [0.25, 0.3) is 0 Å². The molecule has 0 saturated heterocycles. The number of halogens is 1. The molecule has 84 valence electrons. The van der Waals surface area contributed by atoms with Gasteiger partial charge in [-0.15, -0.1) is 16.6 Å². The van der Waals surface area contributed by atoms with E-state index in [0.717, 1.165) is 6.42 Å². The van der Waals surface area contributed by atoms with Gasteiger partial charge in [0.2, 0.25) is 0 Å². The molecule has 1 aromatic heterocycles. The average Bonchev–Trinajstić information content (AvgIpc) is 2.29. The summed E-state index contributed by atoms with van der Waals surface area (Å²) in [4.78, 5) is 13.5. The van der Waals surface area contributed by atoms with Crippen LogP contribution in [0.15, 0.2) is 12.1 Å². The van der Waals surface area contributed by atoms with Crippen LogP contribution < -0.4 is 0 Å². The molecule has 0 aliphatic heterocycles. The molecular weight excluding hydrogens is 226 g/mol. The second-order valence-electron chi connectivity index (χ2n) is 3.17. The fourth-order valence-corrected chi connectivity index (χ4v) is 1.33. The van der Waals surface area contributed by atoms with Gasteiger partial charge in [-0.3, -0.25) is 4.79 Å². The highest BCUT2D eigenvalue weighted by molar-refractivity contribution is 6.29. The first kappa shape index (κ1) is 12.5. The van der Waals surface area contributed by atoms with Crippen LogP contribution in [0.5, 0.6) is 0 Å². The molecule has 0 bridgehead atoms. The van der Waals surface area contributed by atoms with Crippen molar-refractivity contribution in [2.75, 3.05) is 13.1 Å². The van der Waals surface area contributed by atoms with Gasteiger partial charge in [0.1, 0.15) is 0 Å². The summed E-state index contributed by atoms with van der Waals surface area (Å²) in [6.07, 6.45) is 6.04. The smallest absolute Gasteiger partial charge is 0.275 e. The van der Waals surface area contributed by atoms with Gasteiger partial charge >= 0.3 is 0 Å². The predicted octanol–water partition coefficient (Wildman–Crippen LogP) is 1.62. The first-order valence-corrected chi connectivity index (χ1v) is 5.28. The zero-order valence-electron chi connectivity index (χ0n) is 8.98. The SMILES string of the molecule is C#CCN(CCC)C(=O)c1ccc(Cl)nn1. The quantitative estimate of drug-likeness (QED) is 0.748. The number of amides is 1. The van der Waals surface area contributed by atoms with E-state index in [0.29, 0.717) is 6.54 Å². The maximum absolute atomic E-state index is 11.9. The zero-order valence-corrected chi connectivity index (χ0v) is 9.74. The van der Waals surface area contributed by atoms with Crippen molar-refractivity contribution in [3.05, 3.63) is 23.0 Å². The van der Waals surface area contributed by atoms with Gasteiger partial charge < -0.3 is 4.90 Å². The highest BCUT2D eigenvalue weighted by Gasteiger charge is 2.15. The molecule has 0 aromatic carbocycles. The minimum Gasteiger partial charge on any atom is -0.326 e. The van der Waals surface area contributed by atoms with E-state index in [4.69, 9.17) is 18.0 Å². The monoisotopic (exact) mass is 237 g/mol. The molecule has 0 atom stereocenters. The first-order chi connectivity index (χ1) is 7.69. The number of hydrogen-bond donors (Lipinski definition) is 0. The third-order valence-corrected chi connectivity index (χ3v) is 2.12. The fourth-order valence-electron chi connectivity index (χ4n) is 1.22. The summed E-state index contributed by atoms with van der Waals surface area (Å²) < 4.78 is 0. The number of terminal acetylenes is 1. The van der Waals surface area contributed by atoms with Crippen molar-refractivity contribution < 1.29 is 4.79 Å².